The molecule has 0 rings (SSSR count). The first-order chi connectivity index (χ1) is 15.6. The maximum atomic E-state index is 12.4. The number of rotatable bonds is 18. The van der Waals surface area contributed by atoms with Crippen LogP contribution in [0.5, 0.6) is 0 Å². The zero-order chi connectivity index (χ0) is 25.1. The normalized spacial score (nSPS) is 13.2. The van der Waals surface area contributed by atoms with Gasteiger partial charge in [0.15, 0.2) is 0 Å². The molecule has 0 spiro atoms. The molecule has 2 amide bonds. The van der Waals surface area contributed by atoms with E-state index in [1.54, 1.807) is 20.8 Å². The maximum Gasteiger partial charge on any atom is 0.407 e. The Bertz CT molecular complexity index is 549. The Kier molecular flexibility index (Phi) is 17.6. The molecule has 0 saturated heterocycles. The minimum absolute atomic E-state index is 0.00815. The fourth-order valence-electron chi connectivity index (χ4n) is 3.28. The molecular weight excluding hydrogens is 422 g/mol. The molecule has 194 valence electrons. The predicted octanol–water partition coefficient (Wildman–Crippen LogP) is 4.44. The van der Waals surface area contributed by atoms with E-state index in [4.69, 9.17) is 15.2 Å². The number of carbonyl (C=O) groups is 3. The monoisotopic (exact) mass is 471 g/mol. The number of carbonyl (C=O) groups excluding carboxylic acids is 3. The average molecular weight is 472 g/mol. The van der Waals surface area contributed by atoms with E-state index >= 15 is 0 Å². The van der Waals surface area contributed by atoms with Crippen molar-refractivity contribution in [1.29, 1.82) is 0 Å². The van der Waals surface area contributed by atoms with Gasteiger partial charge in [-0.05, 0) is 52.9 Å². The summed E-state index contributed by atoms with van der Waals surface area (Å²) >= 11 is 0. The van der Waals surface area contributed by atoms with Gasteiger partial charge in [0.1, 0.15) is 5.60 Å². The minimum atomic E-state index is -0.704. The minimum Gasteiger partial charge on any atom is -0.465 e. The van der Waals surface area contributed by atoms with Crippen molar-refractivity contribution in [2.75, 3.05) is 19.7 Å². The van der Waals surface area contributed by atoms with Gasteiger partial charge in [-0.2, -0.15) is 0 Å². The second-order valence-electron chi connectivity index (χ2n) is 9.68. The van der Waals surface area contributed by atoms with Crippen LogP contribution in [0.2, 0.25) is 0 Å². The molecule has 0 aliphatic heterocycles. The van der Waals surface area contributed by atoms with E-state index in [0.717, 1.165) is 32.1 Å². The summed E-state index contributed by atoms with van der Waals surface area (Å²) in [6.07, 6.45) is 9.79. The molecule has 4 N–H and O–H groups in total. The summed E-state index contributed by atoms with van der Waals surface area (Å²) in [6.45, 7) is 10.8. The largest absolute Gasteiger partial charge is 0.465 e. The summed E-state index contributed by atoms with van der Waals surface area (Å²) in [7, 11) is 0. The molecule has 0 aliphatic carbocycles. The Morgan fingerprint density at radius 2 is 1.48 bits per heavy atom. The van der Waals surface area contributed by atoms with Crippen LogP contribution >= 0.6 is 0 Å². The van der Waals surface area contributed by atoms with Gasteiger partial charge in [-0.1, -0.05) is 52.4 Å². The van der Waals surface area contributed by atoms with E-state index in [9.17, 15) is 14.4 Å². The lowest BCUT2D eigenvalue weighted by molar-refractivity contribution is -0.149. The summed E-state index contributed by atoms with van der Waals surface area (Å²) in [5, 5.41) is 5.38. The number of unbranched alkanes of at least 4 members (excludes halogenated alkanes) is 5. The third-order valence-corrected chi connectivity index (χ3v) is 5.22. The van der Waals surface area contributed by atoms with Crippen molar-refractivity contribution >= 4 is 18.0 Å². The molecule has 0 aromatic heterocycles. The number of ether oxygens (including phenoxy) is 2. The molecule has 0 heterocycles. The highest BCUT2D eigenvalue weighted by Gasteiger charge is 2.19. The molecule has 0 fully saturated rings. The number of amides is 2. The first-order valence-corrected chi connectivity index (χ1v) is 12.8. The molecule has 0 saturated carbocycles. The molecule has 0 aromatic carbocycles. The number of nitrogens with one attached hydrogen (secondary N) is 2. The van der Waals surface area contributed by atoms with Gasteiger partial charge in [0, 0.05) is 13.1 Å². The van der Waals surface area contributed by atoms with E-state index in [1.165, 1.54) is 19.3 Å². The highest BCUT2D eigenvalue weighted by molar-refractivity contribution is 5.81. The molecule has 0 radical (unpaired) electrons. The summed E-state index contributed by atoms with van der Waals surface area (Å²) in [4.78, 5) is 36.1. The van der Waals surface area contributed by atoms with Gasteiger partial charge < -0.3 is 25.8 Å². The summed E-state index contributed by atoms with van der Waals surface area (Å²) in [5.74, 6) is -0.331. The van der Waals surface area contributed by atoms with Crippen LogP contribution in [-0.4, -0.2) is 49.3 Å². The number of nitrogens with two attached hydrogens (primary N) is 1. The van der Waals surface area contributed by atoms with Crippen molar-refractivity contribution in [2.45, 2.75) is 117 Å². The van der Waals surface area contributed by atoms with Crippen LogP contribution in [0.25, 0.3) is 0 Å². The van der Waals surface area contributed by atoms with Gasteiger partial charge in [0.2, 0.25) is 5.91 Å². The second-order valence-corrected chi connectivity index (χ2v) is 9.68. The Labute approximate surface area is 201 Å². The van der Waals surface area contributed by atoms with Gasteiger partial charge in [0.05, 0.1) is 18.6 Å². The SMILES string of the molecule is CCCCCCC(CCCC)C(=O)OCCCCNC(=O)[C@@H](N)CCNC(=O)OC(C)(C)C. The average Bonchev–Trinajstić information content (AvgIpc) is 2.73. The van der Waals surface area contributed by atoms with Crippen LogP contribution in [-0.2, 0) is 19.1 Å². The van der Waals surface area contributed by atoms with Crippen LogP contribution in [0.15, 0.2) is 0 Å². The van der Waals surface area contributed by atoms with Gasteiger partial charge in [-0.25, -0.2) is 4.79 Å². The second kappa shape index (κ2) is 18.6. The molecule has 2 atom stereocenters. The topological polar surface area (TPSA) is 120 Å². The fraction of sp³-hybridized carbons (Fsp3) is 0.880. The highest BCUT2D eigenvalue weighted by atomic mass is 16.6. The van der Waals surface area contributed by atoms with Gasteiger partial charge in [-0.15, -0.1) is 0 Å². The Balaban J connectivity index is 3.97. The van der Waals surface area contributed by atoms with Crippen LogP contribution in [0.4, 0.5) is 4.79 Å². The Morgan fingerprint density at radius 1 is 0.818 bits per heavy atom. The molecular formula is C25H49N3O5. The molecule has 33 heavy (non-hydrogen) atoms. The zero-order valence-electron chi connectivity index (χ0n) is 21.7. The van der Waals surface area contributed by atoms with Gasteiger partial charge in [-0.3, -0.25) is 9.59 Å². The van der Waals surface area contributed by atoms with Crippen LogP contribution in [0.3, 0.4) is 0 Å². The Hall–Kier alpha value is -1.83. The predicted molar refractivity (Wildman–Crippen MR) is 132 cm³/mol. The summed E-state index contributed by atoms with van der Waals surface area (Å²) in [6, 6.07) is -0.704. The molecule has 0 bridgehead atoms. The van der Waals surface area contributed by atoms with Crippen molar-refractivity contribution in [3.63, 3.8) is 0 Å². The van der Waals surface area contributed by atoms with Crippen LogP contribution in [0, 0.1) is 5.92 Å². The van der Waals surface area contributed by atoms with E-state index in [-0.39, 0.29) is 24.3 Å². The number of hydrogen-bond acceptors (Lipinski definition) is 6. The van der Waals surface area contributed by atoms with Crippen molar-refractivity contribution in [1.82, 2.24) is 10.6 Å². The van der Waals surface area contributed by atoms with Crippen molar-refractivity contribution in [2.24, 2.45) is 11.7 Å². The molecule has 8 nitrogen and oxygen atoms in total. The fourth-order valence-corrected chi connectivity index (χ4v) is 3.28. The van der Waals surface area contributed by atoms with Crippen molar-refractivity contribution in [3.8, 4) is 0 Å². The van der Waals surface area contributed by atoms with E-state index < -0.39 is 17.7 Å². The molecule has 8 heteroatoms. The number of esters is 1. The van der Waals surface area contributed by atoms with Gasteiger partial charge >= 0.3 is 12.1 Å². The molecule has 0 aromatic rings. The summed E-state index contributed by atoms with van der Waals surface area (Å²) in [5.41, 5.74) is 5.30. The van der Waals surface area contributed by atoms with Crippen LogP contribution in [0.1, 0.15) is 105 Å². The highest BCUT2D eigenvalue weighted by Crippen LogP contribution is 2.19. The lowest BCUT2D eigenvalue weighted by atomic mass is 9.95. The van der Waals surface area contributed by atoms with E-state index in [2.05, 4.69) is 24.5 Å². The third kappa shape index (κ3) is 18.3. The summed E-state index contributed by atoms with van der Waals surface area (Å²) < 4.78 is 10.6. The van der Waals surface area contributed by atoms with Crippen molar-refractivity contribution < 1.29 is 23.9 Å². The quantitative estimate of drug-likeness (QED) is 0.201. The number of hydrogen-bond donors (Lipinski definition) is 3. The smallest absolute Gasteiger partial charge is 0.407 e. The molecule has 1 unspecified atom stereocenters. The van der Waals surface area contributed by atoms with E-state index in [0.29, 0.717) is 32.4 Å². The van der Waals surface area contributed by atoms with Crippen molar-refractivity contribution in [3.05, 3.63) is 0 Å². The zero-order valence-corrected chi connectivity index (χ0v) is 21.7. The third-order valence-electron chi connectivity index (χ3n) is 5.22. The first kappa shape index (κ1) is 31.2. The lowest BCUT2D eigenvalue weighted by Gasteiger charge is -2.20. The lowest BCUT2D eigenvalue weighted by Crippen LogP contribution is -2.43. The number of alkyl carbamates (subject to hydrolysis) is 1. The molecule has 0 aliphatic rings. The van der Waals surface area contributed by atoms with Crippen LogP contribution < -0.4 is 16.4 Å². The maximum absolute atomic E-state index is 12.4. The standard InChI is InChI=1S/C25H49N3O5/c1-6-8-10-11-15-20(14-9-7-2)23(30)32-19-13-12-17-27-22(29)21(26)16-18-28-24(31)33-25(3,4)5/h20-21H,6-19,26H2,1-5H3,(H,27,29)(H,28,31)/t20?,21-/m0/s1. The first-order valence-electron chi connectivity index (χ1n) is 12.8. The van der Waals surface area contributed by atoms with Gasteiger partial charge in [0.25, 0.3) is 0 Å². The van der Waals surface area contributed by atoms with E-state index in [1.807, 2.05) is 0 Å². The Morgan fingerprint density at radius 3 is 2.12 bits per heavy atom.